The molecular formula is C19H19NO4S. The van der Waals surface area contributed by atoms with Crippen LogP contribution in [0.1, 0.15) is 28.4 Å². The molecule has 0 saturated carbocycles. The quantitative estimate of drug-likeness (QED) is 0.519. The van der Waals surface area contributed by atoms with Crippen molar-refractivity contribution in [1.29, 1.82) is 0 Å². The fourth-order valence-corrected chi connectivity index (χ4v) is 3.92. The number of Topliss-reactive ketones (excluding diaryl/α,β-unsaturated/α-hetero) is 1. The Hall–Kier alpha value is -2.44. The number of fused-ring (bicyclic) bond motifs is 1. The van der Waals surface area contributed by atoms with E-state index in [1.165, 1.54) is 0 Å². The number of hydrogen-bond donors (Lipinski definition) is 1. The van der Waals surface area contributed by atoms with E-state index in [4.69, 9.17) is 4.18 Å². The molecule has 0 fully saturated rings. The van der Waals surface area contributed by atoms with E-state index in [1.54, 1.807) is 25.3 Å². The normalized spacial score (nSPS) is 11.7. The number of carbonyl (C=O) groups excluding carboxylic acids is 1. The van der Waals surface area contributed by atoms with Crippen molar-refractivity contribution in [2.75, 3.05) is 6.61 Å². The molecule has 3 rings (SSSR count). The van der Waals surface area contributed by atoms with Gasteiger partial charge in [0.1, 0.15) is 5.75 Å². The first-order valence-corrected chi connectivity index (χ1v) is 9.61. The summed E-state index contributed by atoms with van der Waals surface area (Å²) in [6.45, 7) is 1.73. The lowest BCUT2D eigenvalue weighted by Gasteiger charge is -2.05. The van der Waals surface area contributed by atoms with Crippen molar-refractivity contribution in [3.05, 3.63) is 71.4 Å². The number of hydrogen-bond acceptors (Lipinski definition) is 4. The molecule has 1 N–H and O–H groups in total. The summed E-state index contributed by atoms with van der Waals surface area (Å²) in [7, 11) is -3.64. The Morgan fingerprint density at radius 1 is 1.08 bits per heavy atom. The zero-order valence-corrected chi connectivity index (χ0v) is 14.7. The first-order chi connectivity index (χ1) is 12.0. The van der Waals surface area contributed by atoms with Gasteiger partial charge in [-0.15, -0.1) is 0 Å². The second kappa shape index (κ2) is 7.21. The van der Waals surface area contributed by atoms with E-state index in [2.05, 4.69) is 4.98 Å². The van der Waals surface area contributed by atoms with Crippen molar-refractivity contribution in [3.63, 3.8) is 0 Å². The van der Waals surface area contributed by atoms with Crippen molar-refractivity contribution in [3.8, 4) is 0 Å². The second-order valence-electron chi connectivity index (χ2n) is 5.74. The maximum absolute atomic E-state index is 12.6. The first-order valence-electron chi connectivity index (χ1n) is 8.03. The number of H-pyrrole nitrogens is 1. The second-order valence-corrected chi connectivity index (χ2v) is 7.38. The standard InChI is InChI=1S/C19H19NO4S/c1-2-24-25(22,23)13-15-9-6-10-16-17(12-20-19(15)16)18(21)11-14-7-4-3-5-8-14/h3-10,12,20H,2,11,13H2,1H3. The van der Waals surface area contributed by atoms with Gasteiger partial charge < -0.3 is 4.98 Å². The molecule has 0 aliphatic carbocycles. The number of para-hydroxylation sites is 1. The van der Waals surface area contributed by atoms with Crippen LogP contribution in [0.3, 0.4) is 0 Å². The third kappa shape index (κ3) is 3.97. The summed E-state index contributed by atoms with van der Waals surface area (Å²) < 4.78 is 28.7. The fourth-order valence-electron chi connectivity index (χ4n) is 2.86. The Balaban J connectivity index is 1.92. The molecule has 2 aromatic carbocycles. The maximum Gasteiger partial charge on any atom is 0.271 e. The van der Waals surface area contributed by atoms with E-state index < -0.39 is 10.1 Å². The predicted octanol–water partition coefficient (Wildman–Crippen LogP) is 3.46. The topological polar surface area (TPSA) is 76.2 Å². The number of benzene rings is 2. The van der Waals surface area contributed by atoms with Crippen molar-refractivity contribution >= 4 is 26.8 Å². The van der Waals surface area contributed by atoms with Crippen LogP contribution in [0.4, 0.5) is 0 Å². The minimum absolute atomic E-state index is 0.0118. The maximum atomic E-state index is 12.6. The van der Waals surface area contributed by atoms with Gasteiger partial charge in [0, 0.05) is 23.6 Å². The largest absolute Gasteiger partial charge is 0.360 e. The van der Waals surface area contributed by atoms with E-state index in [1.807, 2.05) is 36.4 Å². The van der Waals surface area contributed by atoms with Crippen LogP contribution in [0.5, 0.6) is 0 Å². The van der Waals surface area contributed by atoms with Crippen LogP contribution in [0.15, 0.2) is 54.7 Å². The van der Waals surface area contributed by atoms with Gasteiger partial charge in [0.15, 0.2) is 5.78 Å². The minimum Gasteiger partial charge on any atom is -0.360 e. The van der Waals surface area contributed by atoms with E-state index in [9.17, 15) is 13.2 Å². The molecule has 0 aliphatic rings. The highest BCUT2D eigenvalue weighted by atomic mass is 32.2. The zero-order valence-electron chi connectivity index (χ0n) is 13.9. The predicted molar refractivity (Wildman–Crippen MR) is 97.0 cm³/mol. The summed E-state index contributed by atoms with van der Waals surface area (Å²) in [4.78, 5) is 15.7. The third-order valence-electron chi connectivity index (χ3n) is 3.94. The summed E-state index contributed by atoms with van der Waals surface area (Å²) in [5.41, 5.74) is 2.75. The highest BCUT2D eigenvalue weighted by molar-refractivity contribution is 7.85. The van der Waals surface area contributed by atoms with Gasteiger partial charge in [-0.05, 0) is 18.1 Å². The van der Waals surface area contributed by atoms with E-state index in [-0.39, 0.29) is 18.1 Å². The number of carbonyl (C=O) groups is 1. The molecule has 0 atom stereocenters. The summed E-state index contributed by atoms with van der Waals surface area (Å²) in [6, 6.07) is 14.8. The molecule has 0 spiro atoms. The number of aromatic amines is 1. The van der Waals surface area contributed by atoms with Crippen molar-refractivity contribution < 1.29 is 17.4 Å². The van der Waals surface area contributed by atoms with Gasteiger partial charge in [-0.25, -0.2) is 0 Å². The average Bonchev–Trinajstić information content (AvgIpc) is 3.00. The van der Waals surface area contributed by atoms with Crippen LogP contribution >= 0.6 is 0 Å². The van der Waals surface area contributed by atoms with Gasteiger partial charge in [-0.3, -0.25) is 8.98 Å². The Bertz CT molecular complexity index is 991. The van der Waals surface area contributed by atoms with Crippen LogP contribution in [-0.2, 0) is 26.5 Å². The van der Waals surface area contributed by atoms with E-state index in [0.29, 0.717) is 23.1 Å². The Morgan fingerprint density at radius 3 is 2.56 bits per heavy atom. The molecular weight excluding hydrogens is 338 g/mol. The zero-order chi connectivity index (χ0) is 17.9. The molecule has 1 aromatic heterocycles. The fraction of sp³-hybridized carbons (Fsp3) is 0.211. The Kier molecular flexibility index (Phi) is 5.01. The molecule has 5 nitrogen and oxygen atoms in total. The first kappa shape index (κ1) is 17.4. The number of nitrogens with one attached hydrogen (secondary N) is 1. The SMILES string of the molecule is CCOS(=O)(=O)Cc1cccc2c(C(=O)Cc3ccccc3)c[nH]c12. The van der Waals surface area contributed by atoms with E-state index in [0.717, 1.165) is 10.9 Å². The monoisotopic (exact) mass is 357 g/mol. The summed E-state index contributed by atoms with van der Waals surface area (Å²) in [6.07, 6.45) is 1.95. The van der Waals surface area contributed by atoms with Gasteiger partial charge >= 0.3 is 0 Å². The molecule has 3 aromatic rings. The van der Waals surface area contributed by atoms with Gasteiger partial charge in [0.25, 0.3) is 10.1 Å². The molecule has 0 radical (unpaired) electrons. The van der Waals surface area contributed by atoms with Crippen molar-refractivity contribution in [1.82, 2.24) is 4.98 Å². The molecule has 0 saturated heterocycles. The third-order valence-corrected chi connectivity index (χ3v) is 5.20. The Labute approximate surface area is 146 Å². The van der Waals surface area contributed by atoms with Crippen molar-refractivity contribution in [2.24, 2.45) is 0 Å². The lowest BCUT2D eigenvalue weighted by molar-refractivity contribution is 0.0994. The van der Waals surface area contributed by atoms with E-state index >= 15 is 0 Å². The van der Waals surface area contributed by atoms with Crippen LogP contribution < -0.4 is 0 Å². The highest BCUT2D eigenvalue weighted by Crippen LogP contribution is 2.25. The summed E-state index contributed by atoms with van der Waals surface area (Å²) in [5.74, 6) is -0.243. The number of rotatable bonds is 7. The summed E-state index contributed by atoms with van der Waals surface area (Å²) >= 11 is 0. The molecule has 0 bridgehead atoms. The molecule has 25 heavy (non-hydrogen) atoms. The molecule has 0 unspecified atom stereocenters. The van der Waals surface area contributed by atoms with Gasteiger partial charge in [0.05, 0.1) is 12.1 Å². The molecule has 6 heteroatoms. The number of ketones is 1. The lowest BCUT2D eigenvalue weighted by Crippen LogP contribution is -2.09. The summed E-state index contributed by atoms with van der Waals surface area (Å²) in [5, 5.41) is 0.727. The van der Waals surface area contributed by atoms with Crippen LogP contribution in [-0.4, -0.2) is 25.8 Å². The lowest BCUT2D eigenvalue weighted by atomic mass is 10.0. The molecule has 0 amide bonds. The molecule has 1 heterocycles. The van der Waals surface area contributed by atoms with Crippen LogP contribution in [0, 0.1) is 0 Å². The highest BCUT2D eigenvalue weighted by Gasteiger charge is 2.18. The average molecular weight is 357 g/mol. The van der Waals surface area contributed by atoms with Crippen LogP contribution in [0.25, 0.3) is 10.9 Å². The Morgan fingerprint density at radius 2 is 1.84 bits per heavy atom. The van der Waals surface area contributed by atoms with Crippen molar-refractivity contribution in [2.45, 2.75) is 19.1 Å². The molecule has 130 valence electrons. The van der Waals surface area contributed by atoms with Gasteiger partial charge in [-0.1, -0.05) is 48.5 Å². The van der Waals surface area contributed by atoms with Gasteiger partial charge in [-0.2, -0.15) is 8.42 Å². The smallest absolute Gasteiger partial charge is 0.271 e. The van der Waals surface area contributed by atoms with Gasteiger partial charge in [0.2, 0.25) is 0 Å². The number of aromatic nitrogens is 1. The minimum atomic E-state index is -3.64. The van der Waals surface area contributed by atoms with Crippen LogP contribution in [0.2, 0.25) is 0 Å². The molecule has 0 aliphatic heterocycles.